The van der Waals surface area contributed by atoms with Crippen LogP contribution in [0.1, 0.15) is 11.1 Å². The van der Waals surface area contributed by atoms with Crippen molar-refractivity contribution in [3.8, 4) is 0 Å². The highest BCUT2D eigenvalue weighted by Gasteiger charge is 2.28. The molecule has 2 aromatic rings. The highest BCUT2D eigenvalue weighted by molar-refractivity contribution is 6.30. The normalized spacial score (nSPS) is 17.1. The molecule has 0 spiro atoms. The van der Waals surface area contributed by atoms with Gasteiger partial charge in [0.05, 0.1) is 17.3 Å². The molecule has 136 valence electrons. The Kier molecular flexibility index (Phi) is 4.70. The maximum Gasteiger partial charge on any atom is 0.322 e. The molecule has 26 heavy (non-hydrogen) atoms. The molecule has 2 aromatic carbocycles. The average Bonchev–Trinajstić information content (AvgIpc) is 2.67. The number of anilines is 2. The molecular formula is C19H20ClFN4O. The van der Waals surface area contributed by atoms with E-state index in [1.165, 1.54) is 6.07 Å². The van der Waals surface area contributed by atoms with Crippen molar-refractivity contribution in [2.75, 3.05) is 36.0 Å². The number of rotatable bonds is 3. The fraction of sp³-hybridized carbons (Fsp3) is 0.316. The fourth-order valence-electron chi connectivity index (χ4n) is 3.57. The van der Waals surface area contributed by atoms with E-state index in [9.17, 15) is 9.18 Å². The largest absolute Gasteiger partial charge is 0.369 e. The summed E-state index contributed by atoms with van der Waals surface area (Å²) in [6.07, 6.45) is 0. The van der Waals surface area contributed by atoms with Gasteiger partial charge in [0.15, 0.2) is 0 Å². The topological polar surface area (TPSA) is 47.6 Å². The smallest absolute Gasteiger partial charge is 0.322 e. The highest BCUT2D eigenvalue weighted by Crippen LogP contribution is 2.34. The third-order valence-corrected chi connectivity index (χ3v) is 5.19. The summed E-state index contributed by atoms with van der Waals surface area (Å²) in [6, 6.07) is 10.6. The summed E-state index contributed by atoms with van der Waals surface area (Å²) >= 11 is 5.89. The van der Waals surface area contributed by atoms with Gasteiger partial charge in [-0.2, -0.15) is 0 Å². The third-order valence-electron chi connectivity index (χ3n) is 4.90. The average molecular weight is 375 g/mol. The number of piperazine rings is 1. The molecule has 5 nitrogen and oxygen atoms in total. The summed E-state index contributed by atoms with van der Waals surface area (Å²) in [7, 11) is 0. The zero-order valence-corrected chi connectivity index (χ0v) is 15.0. The Morgan fingerprint density at radius 1 is 1.08 bits per heavy atom. The van der Waals surface area contributed by atoms with Crippen LogP contribution in [0.15, 0.2) is 36.4 Å². The lowest BCUT2D eigenvalue weighted by Crippen LogP contribution is -2.47. The van der Waals surface area contributed by atoms with Gasteiger partial charge in [-0.25, -0.2) is 9.18 Å². The summed E-state index contributed by atoms with van der Waals surface area (Å²) in [5.41, 5.74) is 3.41. The Morgan fingerprint density at radius 2 is 1.81 bits per heavy atom. The number of nitrogens with zero attached hydrogens (tertiary/aromatic N) is 2. The van der Waals surface area contributed by atoms with E-state index >= 15 is 0 Å². The number of hydrogen-bond donors (Lipinski definition) is 2. The predicted octanol–water partition coefficient (Wildman–Crippen LogP) is 3.12. The molecule has 0 bridgehead atoms. The Morgan fingerprint density at radius 3 is 2.62 bits per heavy atom. The van der Waals surface area contributed by atoms with E-state index in [0.717, 1.165) is 43.1 Å². The van der Waals surface area contributed by atoms with E-state index in [1.807, 2.05) is 12.1 Å². The fourth-order valence-corrected chi connectivity index (χ4v) is 3.76. The molecule has 0 aliphatic carbocycles. The van der Waals surface area contributed by atoms with Gasteiger partial charge in [0.25, 0.3) is 0 Å². The van der Waals surface area contributed by atoms with Crippen LogP contribution in [-0.2, 0) is 13.1 Å². The van der Waals surface area contributed by atoms with Gasteiger partial charge in [-0.1, -0.05) is 29.8 Å². The molecule has 0 saturated carbocycles. The molecule has 2 heterocycles. The number of urea groups is 1. The van der Waals surface area contributed by atoms with Crippen molar-refractivity contribution < 1.29 is 9.18 Å². The van der Waals surface area contributed by atoms with Crippen molar-refractivity contribution >= 4 is 29.0 Å². The quantitative estimate of drug-likeness (QED) is 0.867. The minimum Gasteiger partial charge on any atom is -0.369 e. The number of hydrogen-bond acceptors (Lipinski definition) is 3. The van der Waals surface area contributed by atoms with E-state index in [1.54, 1.807) is 17.0 Å². The molecule has 1 saturated heterocycles. The highest BCUT2D eigenvalue weighted by atomic mass is 35.5. The van der Waals surface area contributed by atoms with E-state index in [-0.39, 0.29) is 17.6 Å². The van der Waals surface area contributed by atoms with Crippen LogP contribution in [-0.4, -0.2) is 32.2 Å². The van der Waals surface area contributed by atoms with Gasteiger partial charge >= 0.3 is 6.03 Å². The van der Waals surface area contributed by atoms with E-state index < -0.39 is 5.82 Å². The molecule has 4 rings (SSSR count). The maximum absolute atomic E-state index is 14.3. The molecule has 7 heteroatoms. The van der Waals surface area contributed by atoms with Crippen LogP contribution in [0, 0.1) is 5.82 Å². The number of benzene rings is 2. The molecule has 2 aliphatic heterocycles. The van der Waals surface area contributed by atoms with Crippen LogP contribution in [0.25, 0.3) is 0 Å². The minimum absolute atomic E-state index is 0.0645. The third kappa shape index (κ3) is 3.10. The lowest BCUT2D eigenvalue weighted by molar-refractivity contribution is 0.244. The number of fused-ring (bicyclic) bond motifs is 1. The molecule has 2 amide bonds. The van der Waals surface area contributed by atoms with Crippen LogP contribution in [0.5, 0.6) is 0 Å². The number of nitrogens with one attached hydrogen (secondary N) is 2. The van der Waals surface area contributed by atoms with Gasteiger partial charge in [-0.05, 0) is 18.2 Å². The van der Waals surface area contributed by atoms with Gasteiger partial charge in [0.2, 0.25) is 0 Å². The molecular weight excluding hydrogens is 355 g/mol. The van der Waals surface area contributed by atoms with Crippen LogP contribution in [0.4, 0.5) is 20.6 Å². The van der Waals surface area contributed by atoms with Crippen molar-refractivity contribution in [1.29, 1.82) is 0 Å². The first-order valence-electron chi connectivity index (χ1n) is 8.71. The zero-order valence-electron chi connectivity index (χ0n) is 14.3. The second kappa shape index (κ2) is 7.13. The van der Waals surface area contributed by atoms with Crippen LogP contribution in [0.2, 0.25) is 5.02 Å². The maximum atomic E-state index is 14.3. The van der Waals surface area contributed by atoms with E-state index in [0.29, 0.717) is 12.1 Å². The van der Waals surface area contributed by atoms with Crippen LogP contribution < -0.4 is 20.4 Å². The van der Waals surface area contributed by atoms with Crippen molar-refractivity contribution in [2.45, 2.75) is 13.1 Å². The number of carbonyl (C=O) groups is 1. The molecule has 1 fully saturated rings. The van der Waals surface area contributed by atoms with Crippen molar-refractivity contribution in [3.05, 3.63) is 58.4 Å². The molecule has 0 atom stereocenters. The Balaban J connectivity index is 1.70. The standard InChI is InChI=1S/C19H20ClFN4O/c20-15-4-1-3-13(18(15)21)12-25-17-6-2-5-16(14(17)11-23-19(25)26)24-9-7-22-8-10-24/h1-6,22H,7-12H2,(H,23,26). The van der Waals surface area contributed by atoms with Crippen molar-refractivity contribution in [1.82, 2.24) is 10.6 Å². The first kappa shape index (κ1) is 17.1. The Hall–Kier alpha value is -2.31. The predicted molar refractivity (Wildman–Crippen MR) is 101 cm³/mol. The first-order chi connectivity index (χ1) is 12.6. The van der Waals surface area contributed by atoms with Gasteiger partial charge < -0.3 is 15.5 Å². The second-order valence-electron chi connectivity index (χ2n) is 6.47. The molecule has 0 aromatic heterocycles. The zero-order chi connectivity index (χ0) is 18.1. The summed E-state index contributed by atoms with van der Waals surface area (Å²) in [5, 5.41) is 6.32. The van der Waals surface area contributed by atoms with Gasteiger partial charge in [0, 0.05) is 49.5 Å². The summed E-state index contributed by atoms with van der Waals surface area (Å²) in [4.78, 5) is 16.4. The Labute approximate surface area is 156 Å². The SMILES string of the molecule is O=C1NCc2c(N3CCNCC3)cccc2N1Cc1cccc(Cl)c1F. The van der Waals surface area contributed by atoms with Gasteiger partial charge in [-0.3, -0.25) is 4.90 Å². The van der Waals surface area contributed by atoms with Crippen molar-refractivity contribution in [3.63, 3.8) is 0 Å². The number of carbonyl (C=O) groups excluding carboxylic acids is 1. The Bertz CT molecular complexity index is 838. The van der Waals surface area contributed by atoms with E-state index in [2.05, 4.69) is 21.6 Å². The lowest BCUT2D eigenvalue weighted by Gasteiger charge is -2.36. The lowest BCUT2D eigenvalue weighted by atomic mass is 10.0. The summed E-state index contributed by atoms with van der Waals surface area (Å²) in [6.45, 7) is 4.33. The summed E-state index contributed by atoms with van der Waals surface area (Å²) < 4.78 is 14.3. The molecule has 0 unspecified atom stereocenters. The monoisotopic (exact) mass is 374 g/mol. The number of halogens is 2. The minimum atomic E-state index is -0.479. The molecule has 2 N–H and O–H groups in total. The molecule has 0 radical (unpaired) electrons. The van der Waals surface area contributed by atoms with Crippen LogP contribution in [0.3, 0.4) is 0 Å². The van der Waals surface area contributed by atoms with Gasteiger partial charge in [-0.15, -0.1) is 0 Å². The van der Waals surface area contributed by atoms with Gasteiger partial charge in [0.1, 0.15) is 5.82 Å². The summed E-state index contributed by atoms with van der Waals surface area (Å²) in [5.74, 6) is -0.479. The van der Waals surface area contributed by atoms with Crippen molar-refractivity contribution in [2.24, 2.45) is 0 Å². The number of amides is 2. The van der Waals surface area contributed by atoms with Crippen LogP contribution >= 0.6 is 11.6 Å². The second-order valence-corrected chi connectivity index (χ2v) is 6.88. The first-order valence-corrected chi connectivity index (χ1v) is 9.09. The molecule has 2 aliphatic rings. The van der Waals surface area contributed by atoms with E-state index in [4.69, 9.17) is 11.6 Å².